The van der Waals surface area contributed by atoms with Crippen LogP contribution in [-0.4, -0.2) is 69.5 Å². The summed E-state index contributed by atoms with van der Waals surface area (Å²) < 4.78 is 5.87. The maximum absolute atomic E-state index is 12.3. The molecule has 0 fully saturated rings. The largest absolute Gasteiger partial charge is 0.388 e. The molecule has 0 saturated heterocycles. The van der Waals surface area contributed by atoms with Gasteiger partial charge in [0.2, 0.25) is 0 Å². The first-order valence-electron chi connectivity index (χ1n) is 9.03. The van der Waals surface area contributed by atoms with Crippen molar-refractivity contribution in [3.8, 4) is 11.5 Å². The van der Waals surface area contributed by atoms with Crippen molar-refractivity contribution >= 4 is 29.6 Å². The molecule has 0 aromatic heterocycles. The fraction of sp³-hybridized carbons (Fsp3) is 0.412. The lowest BCUT2D eigenvalue weighted by Gasteiger charge is -2.26. The number of rotatable bonds is 7. The number of hydrogen-bond donors (Lipinski definition) is 6. The van der Waals surface area contributed by atoms with E-state index in [0.717, 1.165) is 11.1 Å². The minimum Gasteiger partial charge on any atom is -0.388 e. The molecular weight excluding hydrogens is 451 g/mol. The highest BCUT2D eigenvalue weighted by Crippen LogP contribution is 2.36. The number of fused-ring (bicyclic) bond motifs is 2. The molecule has 3 rings (SSSR count). The number of aromatic nitrogens is 4. The Labute approximate surface area is 180 Å². The molecule has 3 atom stereocenters. The Hall–Kier alpha value is -2.09. The first-order valence-corrected chi connectivity index (χ1v) is 11.7. The standard InChI is InChI=1S/C17H21N4O8PS/c1-7-3-9-10(4-8(7)2)21(15-13(18-9)16(25)20-17(26)19-15)5-11(22)14(24)12(23)6-29-30(27,28)31/h3-4,11-12,14,22-24H,5-6H2,1-2H3,(H,20,25,26)(H2,27,28,31)/t11-,12+,14-/m1/s1. The number of H-pyrrole nitrogens is 1. The number of aliphatic hydroxyl groups excluding tert-OH is 3. The first-order chi connectivity index (χ1) is 14.4. The lowest BCUT2D eigenvalue weighted by Crippen LogP contribution is -2.42. The summed E-state index contributed by atoms with van der Waals surface area (Å²) in [6.45, 7) is -1.47. The monoisotopic (exact) mass is 472 g/mol. The smallest absolute Gasteiger partial charge is 0.349 e. The summed E-state index contributed by atoms with van der Waals surface area (Å²) in [4.78, 5) is 52.3. The predicted octanol–water partition coefficient (Wildman–Crippen LogP) is -1.49. The van der Waals surface area contributed by atoms with Crippen molar-refractivity contribution in [3.05, 3.63) is 44.1 Å². The molecule has 0 unspecified atom stereocenters. The van der Waals surface area contributed by atoms with Crippen LogP contribution in [0, 0.1) is 13.8 Å². The van der Waals surface area contributed by atoms with Gasteiger partial charge in [-0.25, -0.2) is 9.78 Å². The van der Waals surface area contributed by atoms with E-state index in [1.165, 1.54) is 4.57 Å². The Balaban J connectivity index is 2.06. The number of hydrogen-bond acceptors (Lipinski definition) is 9. The van der Waals surface area contributed by atoms with E-state index in [9.17, 15) is 24.9 Å². The summed E-state index contributed by atoms with van der Waals surface area (Å²) >= 11 is 4.28. The quantitative estimate of drug-likeness (QED) is 0.173. The second kappa shape index (κ2) is 8.81. The molecule has 14 heteroatoms. The van der Waals surface area contributed by atoms with Crippen molar-refractivity contribution < 1.29 is 29.6 Å². The summed E-state index contributed by atoms with van der Waals surface area (Å²) in [5.74, 6) is -0.109. The normalized spacial score (nSPS) is 15.3. The van der Waals surface area contributed by atoms with E-state index in [2.05, 4.69) is 26.3 Å². The molecule has 1 aromatic rings. The molecule has 0 amide bonds. The Morgan fingerprint density at radius 1 is 1.13 bits per heavy atom. The summed E-state index contributed by atoms with van der Waals surface area (Å²) in [5, 5.41) is 30.8. The van der Waals surface area contributed by atoms with Crippen LogP contribution in [0.5, 0.6) is 0 Å². The van der Waals surface area contributed by atoms with E-state index in [4.69, 9.17) is 9.79 Å². The molecule has 2 heterocycles. The topological polar surface area (TPSA) is 191 Å². The zero-order valence-corrected chi connectivity index (χ0v) is 18.2. The summed E-state index contributed by atoms with van der Waals surface area (Å²) in [6, 6.07) is 3.46. The number of nitrogens with one attached hydrogen (secondary N) is 1. The number of aliphatic hydroxyl groups is 3. The Bertz CT molecular complexity index is 1260. The van der Waals surface area contributed by atoms with E-state index in [-0.39, 0.29) is 18.1 Å². The van der Waals surface area contributed by atoms with Gasteiger partial charge in [0.1, 0.15) is 18.3 Å². The average molecular weight is 472 g/mol. The lowest BCUT2D eigenvalue weighted by molar-refractivity contribution is -0.0779. The van der Waals surface area contributed by atoms with Crippen molar-refractivity contribution in [1.82, 2.24) is 19.5 Å². The van der Waals surface area contributed by atoms with E-state index in [0.29, 0.717) is 11.0 Å². The van der Waals surface area contributed by atoms with Gasteiger partial charge in [-0.1, -0.05) is 0 Å². The van der Waals surface area contributed by atoms with Crippen LogP contribution >= 0.6 is 6.72 Å². The highest BCUT2D eigenvalue weighted by molar-refractivity contribution is 8.06. The molecule has 1 aromatic carbocycles. The van der Waals surface area contributed by atoms with E-state index in [1.54, 1.807) is 12.1 Å². The average Bonchev–Trinajstić information content (AvgIpc) is 2.67. The third kappa shape index (κ3) is 5.22. The van der Waals surface area contributed by atoms with Gasteiger partial charge in [0.25, 0.3) is 5.56 Å². The summed E-state index contributed by atoms with van der Waals surface area (Å²) in [5.41, 5.74) is 0.796. The second-order valence-corrected chi connectivity index (χ2v) is 9.77. The van der Waals surface area contributed by atoms with Gasteiger partial charge in [0, 0.05) is 0 Å². The van der Waals surface area contributed by atoms with Crippen LogP contribution in [-0.2, 0) is 22.9 Å². The van der Waals surface area contributed by atoms with Crippen LogP contribution in [0.3, 0.4) is 0 Å². The van der Waals surface area contributed by atoms with Crippen molar-refractivity contribution in [3.63, 3.8) is 0 Å². The zero-order valence-electron chi connectivity index (χ0n) is 16.5. The maximum Gasteiger partial charge on any atom is 0.349 e. The molecule has 2 aliphatic rings. The molecule has 0 radical (unpaired) electrons. The molecule has 0 saturated carbocycles. The van der Waals surface area contributed by atoms with E-state index in [1.807, 2.05) is 18.8 Å². The summed E-state index contributed by atoms with van der Waals surface area (Å²) in [6.07, 6.45) is -5.11. The Morgan fingerprint density at radius 3 is 2.42 bits per heavy atom. The molecule has 0 aliphatic carbocycles. The minimum absolute atomic E-state index is 0.109. The minimum atomic E-state index is -4.06. The number of aromatic amines is 1. The fourth-order valence-corrected chi connectivity index (χ4v) is 3.59. The van der Waals surface area contributed by atoms with Gasteiger partial charge in [-0.2, -0.15) is 4.98 Å². The highest BCUT2D eigenvalue weighted by Gasteiger charge is 2.29. The van der Waals surface area contributed by atoms with Crippen molar-refractivity contribution in [2.45, 2.75) is 38.7 Å². The zero-order chi connectivity index (χ0) is 23.1. The molecule has 2 aliphatic heterocycles. The third-order valence-electron chi connectivity index (χ3n) is 4.80. The number of benzene rings is 1. The van der Waals surface area contributed by atoms with Gasteiger partial charge in [-0.15, -0.1) is 0 Å². The van der Waals surface area contributed by atoms with E-state index >= 15 is 0 Å². The maximum atomic E-state index is 12.3. The molecule has 12 nitrogen and oxygen atoms in total. The molecular formula is C17H21N4O8PS. The fourth-order valence-electron chi connectivity index (χ4n) is 3.06. The van der Waals surface area contributed by atoms with Crippen molar-refractivity contribution in [1.29, 1.82) is 0 Å². The van der Waals surface area contributed by atoms with E-state index < -0.39 is 42.9 Å². The van der Waals surface area contributed by atoms with Crippen LogP contribution in [0.25, 0.3) is 22.6 Å². The van der Waals surface area contributed by atoms with Gasteiger partial charge in [-0.3, -0.25) is 9.78 Å². The van der Waals surface area contributed by atoms with Crippen LogP contribution in [0.1, 0.15) is 11.1 Å². The molecule has 31 heavy (non-hydrogen) atoms. The van der Waals surface area contributed by atoms with Crippen LogP contribution in [0.2, 0.25) is 0 Å². The highest BCUT2D eigenvalue weighted by atomic mass is 32.5. The van der Waals surface area contributed by atoms with Crippen molar-refractivity contribution in [2.24, 2.45) is 0 Å². The van der Waals surface area contributed by atoms with Crippen LogP contribution < -0.4 is 11.2 Å². The SMILES string of the molecule is Cc1cc2nc3c(=O)[nH]c(=O)nc-3n(C[C@@H](O)[C@@H](O)[C@@H](O)COP(O)(O)=S)c2cc1C. The number of aryl methyl sites for hydroxylation is 2. The van der Waals surface area contributed by atoms with Gasteiger partial charge >= 0.3 is 12.4 Å². The number of nitrogens with zero attached hydrogens (tertiary/aromatic N) is 3. The summed E-state index contributed by atoms with van der Waals surface area (Å²) in [7, 11) is 0. The Morgan fingerprint density at radius 2 is 1.77 bits per heavy atom. The van der Waals surface area contributed by atoms with Crippen LogP contribution in [0.4, 0.5) is 0 Å². The van der Waals surface area contributed by atoms with Gasteiger partial charge in [-0.05, 0) is 48.9 Å². The molecule has 6 N–H and O–H groups in total. The predicted molar refractivity (Wildman–Crippen MR) is 113 cm³/mol. The van der Waals surface area contributed by atoms with Gasteiger partial charge in [0.05, 0.1) is 24.2 Å². The molecule has 168 valence electrons. The van der Waals surface area contributed by atoms with Gasteiger partial charge < -0.3 is 34.2 Å². The van der Waals surface area contributed by atoms with Crippen molar-refractivity contribution in [2.75, 3.05) is 6.61 Å². The van der Waals surface area contributed by atoms with Crippen LogP contribution in [0.15, 0.2) is 21.7 Å². The molecule has 0 bridgehead atoms. The second-order valence-electron chi connectivity index (χ2n) is 7.10. The molecule has 0 spiro atoms. The Kier molecular flexibility index (Phi) is 6.69. The first kappa shape index (κ1) is 23.6. The third-order valence-corrected chi connectivity index (χ3v) is 5.60. The van der Waals surface area contributed by atoms with Gasteiger partial charge in [0.15, 0.2) is 11.5 Å². The lowest BCUT2D eigenvalue weighted by atomic mass is 10.1.